The van der Waals surface area contributed by atoms with Crippen molar-refractivity contribution in [2.45, 2.75) is 32.6 Å². The molecule has 7 heteroatoms. The van der Waals surface area contributed by atoms with Gasteiger partial charge in [-0.05, 0) is 0 Å². The Hall–Kier alpha value is 1.02. The van der Waals surface area contributed by atoms with Crippen LogP contribution in [0.4, 0.5) is 0 Å². The smallest absolute Gasteiger partial charge is 0.480 e. The summed E-state index contributed by atoms with van der Waals surface area (Å²) in [5, 5.41) is 7.71. The van der Waals surface area contributed by atoms with Crippen LogP contribution in [0.15, 0.2) is 0 Å². The van der Waals surface area contributed by atoms with Crippen molar-refractivity contribution in [1.82, 2.24) is 0 Å². The molecule has 15 heavy (non-hydrogen) atoms. The second kappa shape index (κ2) is 13.1. The maximum Gasteiger partial charge on any atom is 1.00 e. The summed E-state index contributed by atoms with van der Waals surface area (Å²) >= 11 is 0. The van der Waals surface area contributed by atoms with Gasteiger partial charge in [0.2, 0.25) is 0 Å². The molecule has 0 aromatic rings. The van der Waals surface area contributed by atoms with Crippen molar-refractivity contribution in [2.75, 3.05) is 5.75 Å². The molecule has 86 valence electrons. The Morgan fingerprint density at radius 2 is 1.80 bits per heavy atom. The third-order valence-corrected chi connectivity index (χ3v) is 1.77. The number of carboxylic acid groups (broad SMARTS) is 1. The standard InChI is InChI=1S/C6H13.C2H4O5S.K/c1-3-5-6-4-2;3-2(4)1-8(5,6)7;/h1,3-6H2,2H3;1H2,(H,3,4)(H,5,6,7);/q-1;;+1. The summed E-state index contributed by atoms with van der Waals surface area (Å²) in [6.45, 7) is 5.93. The van der Waals surface area contributed by atoms with Crippen molar-refractivity contribution in [1.29, 1.82) is 0 Å². The van der Waals surface area contributed by atoms with Crippen LogP contribution >= 0.6 is 0 Å². The molecule has 0 radical (unpaired) electrons. The SMILES string of the molecule is O=C(O)CS(=O)(=O)O.[CH2-]CCCCC.[K+]. The maximum atomic E-state index is 9.62. The van der Waals surface area contributed by atoms with E-state index in [1.807, 2.05) is 0 Å². The van der Waals surface area contributed by atoms with E-state index < -0.39 is 21.8 Å². The zero-order valence-electron chi connectivity index (χ0n) is 9.27. The van der Waals surface area contributed by atoms with Gasteiger partial charge in [0.1, 0.15) is 0 Å². The van der Waals surface area contributed by atoms with Gasteiger partial charge >= 0.3 is 57.4 Å². The molecule has 0 aromatic carbocycles. The molecule has 0 spiro atoms. The summed E-state index contributed by atoms with van der Waals surface area (Å²) in [6, 6.07) is 0. The fourth-order valence-electron chi connectivity index (χ4n) is 0.583. The second-order valence-electron chi connectivity index (χ2n) is 2.68. The predicted octanol–water partition coefficient (Wildman–Crippen LogP) is -1.64. The number of carboxylic acids is 1. The zero-order valence-corrected chi connectivity index (χ0v) is 13.2. The van der Waals surface area contributed by atoms with Gasteiger partial charge in [-0.25, -0.2) is 0 Å². The number of unbranched alkanes of at least 4 members (excludes halogenated alkanes) is 3. The van der Waals surface area contributed by atoms with Gasteiger partial charge in [-0.2, -0.15) is 14.8 Å². The summed E-state index contributed by atoms with van der Waals surface area (Å²) < 4.78 is 27.0. The number of rotatable bonds is 5. The number of carbonyl (C=O) groups is 1. The van der Waals surface area contributed by atoms with Crippen molar-refractivity contribution in [3.63, 3.8) is 0 Å². The average molecular weight is 264 g/mol. The minimum Gasteiger partial charge on any atom is -0.480 e. The molecular weight excluding hydrogens is 247 g/mol. The molecule has 0 aliphatic rings. The first kappa shape index (κ1) is 21.3. The van der Waals surface area contributed by atoms with Crippen LogP contribution in [0.5, 0.6) is 0 Å². The third kappa shape index (κ3) is 31.3. The van der Waals surface area contributed by atoms with Crippen LogP contribution in [0.3, 0.4) is 0 Å². The number of hydrogen-bond acceptors (Lipinski definition) is 3. The fraction of sp³-hybridized carbons (Fsp3) is 0.750. The Bertz CT molecular complexity index is 233. The summed E-state index contributed by atoms with van der Waals surface area (Å²) in [7, 11) is -4.32. The van der Waals surface area contributed by atoms with Gasteiger partial charge in [-0.15, -0.1) is 0 Å². The molecule has 0 aromatic heterocycles. The second-order valence-corrected chi connectivity index (χ2v) is 4.13. The van der Waals surface area contributed by atoms with Crippen LogP contribution in [0.25, 0.3) is 0 Å². The Morgan fingerprint density at radius 3 is 1.87 bits per heavy atom. The molecule has 2 N–H and O–H groups in total. The normalized spacial score (nSPS) is 9.53. The van der Waals surface area contributed by atoms with E-state index in [-0.39, 0.29) is 51.4 Å². The molecule has 0 rings (SSSR count). The molecule has 0 saturated carbocycles. The van der Waals surface area contributed by atoms with E-state index in [0.29, 0.717) is 0 Å². The Morgan fingerprint density at radius 1 is 1.33 bits per heavy atom. The Balaban J connectivity index is -0.000000187. The number of aliphatic carboxylic acids is 1. The largest absolute Gasteiger partial charge is 1.00 e. The Labute approximate surface area is 134 Å². The van der Waals surface area contributed by atoms with Gasteiger partial charge in [0.25, 0.3) is 10.1 Å². The predicted molar refractivity (Wildman–Crippen MR) is 53.6 cm³/mol. The first-order chi connectivity index (χ1) is 6.33. The third-order valence-electron chi connectivity index (χ3n) is 1.16. The molecule has 5 nitrogen and oxygen atoms in total. The van der Waals surface area contributed by atoms with E-state index >= 15 is 0 Å². The molecular formula is C8H17KO5S. The minimum atomic E-state index is -4.32. The van der Waals surface area contributed by atoms with E-state index in [4.69, 9.17) is 9.66 Å². The summed E-state index contributed by atoms with van der Waals surface area (Å²) in [5.74, 6) is -2.79. The molecule has 0 aliphatic heterocycles. The average Bonchev–Trinajstić information content (AvgIpc) is 1.97. The van der Waals surface area contributed by atoms with Crippen LogP contribution in [0.1, 0.15) is 32.6 Å². The quantitative estimate of drug-likeness (QED) is 0.269. The van der Waals surface area contributed by atoms with Gasteiger partial charge in [0, 0.05) is 0 Å². The van der Waals surface area contributed by atoms with Crippen molar-refractivity contribution >= 4 is 16.1 Å². The topological polar surface area (TPSA) is 91.7 Å². The van der Waals surface area contributed by atoms with Gasteiger partial charge in [-0.1, -0.05) is 26.2 Å². The molecule has 0 atom stereocenters. The maximum absolute atomic E-state index is 9.62. The minimum absolute atomic E-state index is 0. The van der Waals surface area contributed by atoms with Crippen molar-refractivity contribution in [3.05, 3.63) is 6.92 Å². The monoisotopic (exact) mass is 264 g/mol. The zero-order chi connectivity index (χ0) is 11.6. The van der Waals surface area contributed by atoms with Crippen LogP contribution < -0.4 is 51.4 Å². The summed E-state index contributed by atoms with van der Waals surface area (Å²) in [6.07, 6.45) is 5.07. The molecule has 0 unspecified atom stereocenters. The van der Waals surface area contributed by atoms with Gasteiger partial charge < -0.3 is 12.0 Å². The first-order valence-corrected chi connectivity index (χ1v) is 5.90. The number of hydrogen-bond donors (Lipinski definition) is 2. The van der Waals surface area contributed by atoms with E-state index in [2.05, 4.69) is 13.8 Å². The molecule has 0 saturated heterocycles. The van der Waals surface area contributed by atoms with Crippen LogP contribution in [-0.2, 0) is 14.9 Å². The van der Waals surface area contributed by atoms with Gasteiger partial charge in [-0.3, -0.25) is 9.35 Å². The summed E-state index contributed by atoms with van der Waals surface area (Å²) in [4.78, 5) is 9.48. The van der Waals surface area contributed by atoms with Crippen molar-refractivity contribution in [2.24, 2.45) is 0 Å². The van der Waals surface area contributed by atoms with E-state index in [1.165, 1.54) is 19.3 Å². The first-order valence-electron chi connectivity index (χ1n) is 4.29. The van der Waals surface area contributed by atoms with Crippen LogP contribution in [-0.4, -0.2) is 29.8 Å². The molecule has 0 aliphatic carbocycles. The van der Waals surface area contributed by atoms with E-state index in [1.54, 1.807) is 0 Å². The van der Waals surface area contributed by atoms with E-state index in [0.717, 1.165) is 6.42 Å². The molecule has 0 heterocycles. The van der Waals surface area contributed by atoms with Crippen molar-refractivity contribution < 1.29 is 74.3 Å². The van der Waals surface area contributed by atoms with E-state index in [9.17, 15) is 13.2 Å². The van der Waals surface area contributed by atoms with Crippen LogP contribution in [0, 0.1) is 6.92 Å². The Kier molecular flexibility index (Phi) is 18.6. The van der Waals surface area contributed by atoms with Gasteiger partial charge in [0.15, 0.2) is 5.75 Å². The van der Waals surface area contributed by atoms with Gasteiger partial charge in [0.05, 0.1) is 0 Å². The summed E-state index contributed by atoms with van der Waals surface area (Å²) in [5.41, 5.74) is 0. The fourth-order valence-corrected chi connectivity index (χ4v) is 0.895. The molecule has 0 amide bonds. The van der Waals surface area contributed by atoms with Crippen LogP contribution in [0.2, 0.25) is 0 Å². The van der Waals surface area contributed by atoms with Crippen molar-refractivity contribution in [3.8, 4) is 0 Å². The molecule has 0 bridgehead atoms. The molecule has 0 fully saturated rings.